The zero-order chi connectivity index (χ0) is 10.2. The van der Waals surface area contributed by atoms with Gasteiger partial charge in [-0.15, -0.1) is 0 Å². The maximum Gasteiger partial charge on any atom is 0.162 e. The van der Waals surface area contributed by atoms with E-state index >= 15 is 0 Å². The minimum atomic E-state index is -1.32. The first-order valence-electron chi connectivity index (χ1n) is 4.28. The third kappa shape index (κ3) is 1.35. The Morgan fingerprint density at radius 3 is 3.14 bits per heavy atom. The van der Waals surface area contributed by atoms with Crippen LogP contribution in [0, 0.1) is 0 Å². The summed E-state index contributed by atoms with van der Waals surface area (Å²) in [6.07, 6.45) is 1.81. The molecule has 0 saturated carbocycles. The molecular weight excluding hydrogens is 206 g/mol. The monoisotopic (exact) mass is 215 g/mol. The number of nitrogens with zero attached hydrogens (tertiary/aromatic N) is 1. The fourth-order valence-electron chi connectivity index (χ4n) is 1.49. The molecule has 0 fully saturated rings. The van der Waals surface area contributed by atoms with Crippen molar-refractivity contribution in [3.8, 4) is 5.75 Å². The predicted octanol–water partition coefficient (Wildman–Crippen LogP) is 0.697. The average molecular weight is 216 g/mol. The van der Waals surface area contributed by atoms with E-state index in [2.05, 4.69) is 4.98 Å². The Hall–Kier alpha value is -0.840. The fraction of sp³-hybridized carbons (Fsp3) is 0.444. The topological polar surface area (TPSA) is 62.6 Å². The summed E-state index contributed by atoms with van der Waals surface area (Å²) in [5.74, 6) is 0.372. The molecule has 0 amide bonds. The Labute approximate surface area is 86.1 Å². The Morgan fingerprint density at radius 1 is 1.64 bits per heavy atom. The number of aromatic nitrogens is 1. The van der Waals surface area contributed by atoms with Crippen molar-refractivity contribution < 1.29 is 14.9 Å². The molecule has 1 aliphatic rings. The van der Waals surface area contributed by atoms with Crippen LogP contribution in [0.4, 0.5) is 0 Å². The first-order chi connectivity index (χ1) is 6.67. The van der Waals surface area contributed by atoms with Crippen molar-refractivity contribution in [2.24, 2.45) is 0 Å². The van der Waals surface area contributed by atoms with Gasteiger partial charge in [0.15, 0.2) is 5.75 Å². The number of halogens is 1. The zero-order valence-corrected chi connectivity index (χ0v) is 8.16. The number of rotatable bonds is 1. The van der Waals surface area contributed by atoms with Gasteiger partial charge in [-0.1, -0.05) is 11.6 Å². The molecule has 0 bridgehead atoms. The second-order valence-corrected chi connectivity index (χ2v) is 3.67. The van der Waals surface area contributed by atoms with E-state index in [1.807, 2.05) is 0 Å². The van der Waals surface area contributed by atoms with E-state index in [-0.39, 0.29) is 6.61 Å². The first-order valence-corrected chi connectivity index (χ1v) is 4.66. The van der Waals surface area contributed by atoms with Gasteiger partial charge in [0.25, 0.3) is 0 Å². The van der Waals surface area contributed by atoms with Gasteiger partial charge >= 0.3 is 0 Å². The average Bonchev–Trinajstić information content (AvgIpc) is 2.20. The molecule has 5 heteroatoms. The molecule has 1 atom stereocenters. The summed E-state index contributed by atoms with van der Waals surface area (Å²) in [5, 5.41) is 19.5. The molecule has 14 heavy (non-hydrogen) atoms. The fourth-order valence-corrected chi connectivity index (χ4v) is 1.69. The Kier molecular flexibility index (Phi) is 2.34. The van der Waals surface area contributed by atoms with Crippen LogP contribution in [0.15, 0.2) is 12.3 Å². The van der Waals surface area contributed by atoms with Gasteiger partial charge in [0.05, 0.1) is 18.2 Å². The summed E-state index contributed by atoms with van der Waals surface area (Å²) in [5.41, 5.74) is -1.00. The second-order valence-electron chi connectivity index (χ2n) is 3.26. The van der Waals surface area contributed by atoms with E-state index in [9.17, 15) is 5.11 Å². The van der Waals surface area contributed by atoms with Crippen molar-refractivity contribution >= 4 is 11.6 Å². The van der Waals surface area contributed by atoms with Crippen LogP contribution in [0.2, 0.25) is 5.02 Å². The molecular formula is C9H10ClNO3. The largest absolute Gasteiger partial charge is 0.490 e. The minimum absolute atomic E-state index is 0.318. The molecule has 0 saturated heterocycles. The number of aliphatic hydroxyl groups is 2. The molecule has 2 rings (SSSR count). The summed E-state index contributed by atoms with van der Waals surface area (Å²) in [7, 11) is 0. The molecule has 1 unspecified atom stereocenters. The van der Waals surface area contributed by atoms with Crippen LogP contribution in [0.5, 0.6) is 5.75 Å². The van der Waals surface area contributed by atoms with Crippen molar-refractivity contribution in [3.05, 3.63) is 23.0 Å². The molecule has 0 spiro atoms. The highest BCUT2D eigenvalue weighted by molar-refractivity contribution is 6.32. The van der Waals surface area contributed by atoms with Crippen molar-refractivity contribution in [2.45, 2.75) is 12.0 Å². The molecule has 4 nitrogen and oxygen atoms in total. The van der Waals surface area contributed by atoms with Gasteiger partial charge in [0.1, 0.15) is 11.3 Å². The van der Waals surface area contributed by atoms with Gasteiger partial charge in [0.2, 0.25) is 0 Å². The molecule has 1 aromatic rings. The molecule has 0 aliphatic carbocycles. The summed E-state index contributed by atoms with van der Waals surface area (Å²) in [4.78, 5) is 3.98. The minimum Gasteiger partial charge on any atom is -0.490 e. The molecule has 1 aromatic heterocycles. The smallest absolute Gasteiger partial charge is 0.162 e. The van der Waals surface area contributed by atoms with Crippen LogP contribution in [0.1, 0.15) is 12.1 Å². The van der Waals surface area contributed by atoms with Crippen LogP contribution < -0.4 is 4.74 Å². The van der Waals surface area contributed by atoms with Crippen molar-refractivity contribution in [2.75, 3.05) is 13.2 Å². The maximum atomic E-state index is 10.0. The number of pyridine rings is 1. The highest BCUT2D eigenvalue weighted by Crippen LogP contribution is 2.39. The van der Waals surface area contributed by atoms with Crippen LogP contribution in [-0.2, 0) is 5.60 Å². The van der Waals surface area contributed by atoms with Gasteiger partial charge in [-0.05, 0) is 6.07 Å². The third-order valence-corrected chi connectivity index (χ3v) is 2.62. The predicted molar refractivity (Wildman–Crippen MR) is 50.3 cm³/mol. The first kappa shape index (κ1) is 9.71. The lowest BCUT2D eigenvalue weighted by molar-refractivity contribution is -0.0513. The number of hydrogen-bond donors (Lipinski definition) is 2. The van der Waals surface area contributed by atoms with Crippen LogP contribution >= 0.6 is 11.6 Å². The normalized spacial score (nSPS) is 25.4. The number of aliphatic hydroxyl groups excluding tert-OH is 1. The zero-order valence-electron chi connectivity index (χ0n) is 7.40. The van der Waals surface area contributed by atoms with Crippen molar-refractivity contribution in [3.63, 3.8) is 0 Å². The van der Waals surface area contributed by atoms with E-state index in [4.69, 9.17) is 21.4 Å². The van der Waals surface area contributed by atoms with E-state index < -0.39 is 5.60 Å². The molecule has 2 heterocycles. The standard InChI is InChI=1S/C9H10ClNO3/c10-6-1-3-11-8-7(6)14-4-2-9(8,13)5-12/h1,3,12-13H,2,4-5H2. The SMILES string of the molecule is OCC1(O)CCOc2c(Cl)ccnc21. The number of fused-ring (bicyclic) bond motifs is 1. The highest BCUT2D eigenvalue weighted by atomic mass is 35.5. The van der Waals surface area contributed by atoms with Gasteiger partial charge in [-0.2, -0.15) is 0 Å². The van der Waals surface area contributed by atoms with Crippen LogP contribution in [0.3, 0.4) is 0 Å². The van der Waals surface area contributed by atoms with Gasteiger partial charge in [-0.3, -0.25) is 4.98 Å². The van der Waals surface area contributed by atoms with E-state index in [1.54, 1.807) is 6.07 Å². The lowest BCUT2D eigenvalue weighted by Crippen LogP contribution is -2.37. The Bertz CT molecular complexity index is 358. The van der Waals surface area contributed by atoms with E-state index in [1.165, 1.54) is 6.20 Å². The van der Waals surface area contributed by atoms with Crippen LogP contribution in [-0.4, -0.2) is 28.4 Å². The quantitative estimate of drug-likeness (QED) is 0.724. The number of ether oxygens (including phenoxy) is 1. The highest BCUT2D eigenvalue weighted by Gasteiger charge is 2.37. The molecule has 0 aromatic carbocycles. The second kappa shape index (κ2) is 3.38. The Morgan fingerprint density at radius 2 is 2.43 bits per heavy atom. The van der Waals surface area contributed by atoms with Crippen molar-refractivity contribution in [1.29, 1.82) is 0 Å². The lowest BCUT2D eigenvalue weighted by atomic mass is 9.94. The van der Waals surface area contributed by atoms with Gasteiger partial charge in [-0.25, -0.2) is 0 Å². The molecule has 0 radical (unpaired) electrons. The lowest BCUT2D eigenvalue weighted by Gasteiger charge is -2.31. The molecule has 1 aliphatic heterocycles. The Balaban J connectivity index is 2.55. The number of hydrogen-bond acceptors (Lipinski definition) is 4. The summed E-state index contributed by atoms with van der Waals surface area (Å²) >= 11 is 5.87. The van der Waals surface area contributed by atoms with Gasteiger partial charge < -0.3 is 14.9 Å². The van der Waals surface area contributed by atoms with Crippen molar-refractivity contribution in [1.82, 2.24) is 4.98 Å². The molecule has 2 N–H and O–H groups in total. The molecule has 76 valence electrons. The third-order valence-electron chi connectivity index (χ3n) is 2.32. The van der Waals surface area contributed by atoms with Crippen LogP contribution in [0.25, 0.3) is 0 Å². The van der Waals surface area contributed by atoms with E-state index in [0.29, 0.717) is 29.5 Å². The summed E-state index contributed by atoms with van der Waals surface area (Å²) in [6.45, 7) is -0.0494. The van der Waals surface area contributed by atoms with Gasteiger partial charge in [0, 0.05) is 12.6 Å². The summed E-state index contributed by atoms with van der Waals surface area (Å²) < 4.78 is 5.29. The maximum absolute atomic E-state index is 10.0. The summed E-state index contributed by atoms with van der Waals surface area (Å²) in [6, 6.07) is 1.59. The van der Waals surface area contributed by atoms with E-state index in [0.717, 1.165) is 0 Å².